The molecule has 0 saturated carbocycles. The van der Waals surface area contributed by atoms with Gasteiger partial charge in [-0.05, 0) is 36.1 Å². The first-order valence-electron chi connectivity index (χ1n) is 6.32. The lowest BCUT2D eigenvalue weighted by molar-refractivity contribution is 0.125. The van der Waals surface area contributed by atoms with Crippen molar-refractivity contribution in [2.75, 3.05) is 19.8 Å². The van der Waals surface area contributed by atoms with Gasteiger partial charge in [0.1, 0.15) is 5.82 Å². The first kappa shape index (κ1) is 15.6. The highest BCUT2D eigenvalue weighted by atomic mass is 79.9. The van der Waals surface area contributed by atoms with Crippen LogP contribution in [0.1, 0.15) is 25.8 Å². The van der Waals surface area contributed by atoms with Crippen molar-refractivity contribution in [3.05, 3.63) is 34.1 Å². The molecule has 0 atom stereocenters. The maximum Gasteiger partial charge on any atom is 0.123 e. The van der Waals surface area contributed by atoms with Crippen molar-refractivity contribution in [1.29, 1.82) is 0 Å². The molecule has 1 rings (SSSR count). The third-order valence-electron chi connectivity index (χ3n) is 2.59. The third-order valence-corrected chi connectivity index (χ3v) is 3.36. The van der Waals surface area contributed by atoms with Gasteiger partial charge < -0.3 is 10.1 Å². The summed E-state index contributed by atoms with van der Waals surface area (Å²) in [6, 6.07) is 4.71. The SMILES string of the molecule is CC(C)CCOCCNCc1cc(F)ccc1Br. The molecule has 1 aromatic rings. The van der Waals surface area contributed by atoms with Crippen LogP contribution in [0.2, 0.25) is 0 Å². The average Bonchev–Trinajstić information content (AvgIpc) is 2.32. The fourth-order valence-electron chi connectivity index (χ4n) is 1.47. The largest absolute Gasteiger partial charge is 0.380 e. The molecule has 0 unspecified atom stereocenters. The number of rotatable bonds is 8. The van der Waals surface area contributed by atoms with Gasteiger partial charge in [-0.2, -0.15) is 0 Å². The smallest absolute Gasteiger partial charge is 0.123 e. The molecule has 0 fully saturated rings. The van der Waals surface area contributed by atoms with Crippen molar-refractivity contribution in [3.8, 4) is 0 Å². The van der Waals surface area contributed by atoms with E-state index in [1.165, 1.54) is 12.1 Å². The molecule has 2 nitrogen and oxygen atoms in total. The van der Waals surface area contributed by atoms with Gasteiger partial charge in [-0.1, -0.05) is 29.8 Å². The first-order valence-corrected chi connectivity index (χ1v) is 7.11. The molecular weight excluding hydrogens is 297 g/mol. The molecule has 1 N–H and O–H groups in total. The molecule has 0 aliphatic carbocycles. The zero-order chi connectivity index (χ0) is 13.4. The van der Waals surface area contributed by atoms with Gasteiger partial charge in [0.25, 0.3) is 0 Å². The summed E-state index contributed by atoms with van der Waals surface area (Å²) < 4.78 is 19.4. The summed E-state index contributed by atoms with van der Waals surface area (Å²) in [7, 11) is 0. The first-order chi connectivity index (χ1) is 8.59. The Morgan fingerprint density at radius 2 is 2.11 bits per heavy atom. The van der Waals surface area contributed by atoms with E-state index in [4.69, 9.17) is 4.74 Å². The Hall–Kier alpha value is -0.450. The van der Waals surface area contributed by atoms with E-state index in [0.29, 0.717) is 19.1 Å². The second kappa shape index (κ2) is 8.62. The van der Waals surface area contributed by atoms with Gasteiger partial charge in [0.15, 0.2) is 0 Å². The van der Waals surface area contributed by atoms with Crippen LogP contribution in [0.15, 0.2) is 22.7 Å². The number of hydrogen-bond acceptors (Lipinski definition) is 2. The highest BCUT2D eigenvalue weighted by Crippen LogP contribution is 2.17. The molecule has 4 heteroatoms. The lowest BCUT2D eigenvalue weighted by Gasteiger charge is -2.09. The minimum atomic E-state index is -0.205. The van der Waals surface area contributed by atoms with E-state index in [9.17, 15) is 4.39 Å². The summed E-state index contributed by atoms with van der Waals surface area (Å²) in [5.41, 5.74) is 0.928. The number of halogens is 2. The molecule has 0 aromatic heterocycles. The van der Waals surface area contributed by atoms with Crippen molar-refractivity contribution in [2.24, 2.45) is 5.92 Å². The molecule has 0 bridgehead atoms. The molecule has 0 saturated heterocycles. The van der Waals surface area contributed by atoms with Gasteiger partial charge in [0, 0.05) is 24.2 Å². The van der Waals surface area contributed by atoms with Crippen molar-refractivity contribution in [2.45, 2.75) is 26.8 Å². The highest BCUT2D eigenvalue weighted by molar-refractivity contribution is 9.10. The Morgan fingerprint density at radius 1 is 1.33 bits per heavy atom. The summed E-state index contributed by atoms with van der Waals surface area (Å²) >= 11 is 3.40. The van der Waals surface area contributed by atoms with Crippen LogP contribution in [0, 0.1) is 11.7 Å². The van der Waals surface area contributed by atoms with Crippen LogP contribution in [-0.2, 0) is 11.3 Å². The number of hydrogen-bond donors (Lipinski definition) is 1. The van der Waals surface area contributed by atoms with E-state index in [2.05, 4.69) is 35.1 Å². The van der Waals surface area contributed by atoms with Crippen LogP contribution in [-0.4, -0.2) is 19.8 Å². The average molecular weight is 318 g/mol. The van der Waals surface area contributed by atoms with Crippen LogP contribution >= 0.6 is 15.9 Å². The maximum absolute atomic E-state index is 13.0. The van der Waals surface area contributed by atoms with Crippen molar-refractivity contribution in [1.82, 2.24) is 5.32 Å². The monoisotopic (exact) mass is 317 g/mol. The second-order valence-electron chi connectivity index (χ2n) is 4.71. The van der Waals surface area contributed by atoms with Gasteiger partial charge in [-0.15, -0.1) is 0 Å². The quantitative estimate of drug-likeness (QED) is 0.737. The Balaban J connectivity index is 2.12. The zero-order valence-electron chi connectivity index (χ0n) is 11.0. The van der Waals surface area contributed by atoms with E-state index < -0.39 is 0 Å². The van der Waals surface area contributed by atoms with Gasteiger partial charge in [0.05, 0.1) is 6.61 Å². The summed E-state index contributed by atoms with van der Waals surface area (Å²) in [4.78, 5) is 0. The molecule has 18 heavy (non-hydrogen) atoms. The fraction of sp³-hybridized carbons (Fsp3) is 0.571. The van der Waals surface area contributed by atoms with Crippen molar-refractivity contribution < 1.29 is 9.13 Å². The van der Waals surface area contributed by atoms with E-state index >= 15 is 0 Å². The van der Waals surface area contributed by atoms with Crippen molar-refractivity contribution >= 4 is 15.9 Å². The molecule has 0 radical (unpaired) electrons. The van der Waals surface area contributed by atoms with E-state index in [1.54, 1.807) is 6.07 Å². The summed E-state index contributed by atoms with van der Waals surface area (Å²) in [6.07, 6.45) is 1.09. The molecule has 0 aliphatic rings. The van der Waals surface area contributed by atoms with Crippen molar-refractivity contribution in [3.63, 3.8) is 0 Å². The Kier molecular flexibility index (Phi) is 7.47. The molecule has 0 aliphatic heterocycles. The lowest BCUT2D eigenvalue weighted by Crippen LogP contribution is -2.20. The third kappa shape index (κ3) is 6.47. The standard InChI is InChI=1S/C14H21BrFNO/c1-11(2)5-7-18-8-6-17-10-12-9-13(16)3-4-14(12)15/h3-4,9,11,17H,5-8,10H2,1-2H3. The minimum Gasteiger partial charge on any atom is -0.380 e. The maximum atomic E-state index is 13.0. The Labute approximate surface area is 117 Å². The van der Waals surface area contributed by atoms with Gasteiger partial charge in [0.2, 0.25) is 0 Å². The molecule has 0 amide bonds. The van der Waals surface area contributed by atoms with Crippen LogP contribution in [0.25, 0.3) is 0 Å². The number of benzene rings is 1. The van der Waals surface area contributed by atoms with Crippen LogP contribution in [0.3, 0.4) is 0 Å². The fourth-order valence-corrected chi connectivity index (χ4v) is 1.85. The second-order valence-corrected chi connectivity index (χ2v) is 5.56. The predicted octanol–water partition coefficient (Wildman–Crippen LogP) is 3.74. The van der Waals surface area contributed by atoms with E-state index in [-0.39, 0.29) is 5.82 Å². The highest BCUT2D eigenvalue weighted by Gasteiger charge is 2.01. The molecule has 102 valence electrons. The van der Waals surface area contributed by atoms with E-state index in [1.807, 2.05) is 0 Å². The van der Waals surface area contributed by atoms with Crippen LogP contribution in [0.5, 0.6) is 0 Å². The molecular formula is C14H21BrFNO. The molecule has 0 spiro atoms. The summed E-state index contributed by atoms with van der Waals surface area (Å²) in [6.45, 7) is 7.29. The van der Waals surface area contributed by atoms with E-state index in [0.717, 1.165) is 29.6 Å². The topological polar surface area (TPSA) is 21.3 Å². The summed E-state index contributed by atoms with van der Waals surface area (Å²) in [5.74, 6) is 0.476. The summed E-state index contributed by atoms with van der Waals surface area (Å²) in [5, 5.41) is 3.24. The van der Waals surface area contributed by atoms with Crippen LogP contribution < -0.4 is 5.32 Å². The normalized spacial score (nSPS) is 11.2. The van der Waals surface area contributed by atoms with Gasteiger partial charge in [-0.3, -0.25) is 0 Å². The van der Waals surface area contributed by atoms with Gasteiger partial charge in [-0.25, -0.2) is 4.39 Å². The number of ether oxygens (including phenoxy) is 1. The van der Waals surface area contributed by atoms with Gasteiger partial charge >= 0.3 is 0 Å². The Bertz CT molecular complexity index is 358. The molecule has 0 heterocycles. The minimum absolute atomic E-state index is 0.205. The predicted molar refractivity (Wildman–Crippen MR) is 76.1 cm³/mol. The lowest BCUT2D eigenvalue weighted by atomic mass is 10.1. The van der Waals surface area contributed by atoms with Crippen LogP contribution in [0.4, 0.5) is 4.39 Å². The number of nitrogens with one attached hydrogen (secondary N) is 1. The Morgan fingerprint density at radius 3 is 2.83 bits per heavy atom. The molecule has 1 aromatic carbocycles. The zero-order valence-corrected chi connectivity index (χ0v) is 12.6.